The smallest absolute Gasteiger partial charge is 0.213 e. The molecule has 1 heterocycles. The number of aromatic nitrogens is 1. The maximum atomic E-state index is 12.5. The highest BCUT2D eigenvalue weighted by Gasteiger charge is 2.00. The van der Waals surface area contributed by atoms with Crippen molar-refractivity contribution in [1.82, 2.24) is 4.98 Å². The minimum atomic E-state index is -0.414. The van der Waals surface area contributed by atoms with Crippen molar-refractivity contribution in [3.05, 3.63) is 33.8 Å². The van der Waals surface area contributed by atoms with Gasteiger partial charge in [0.1, 0.15) is 0 Å². The van der Waals surface area contributed by atoms with E-state index in [1.54, 1.807) is 6.20 Å². The summed E-state index contributed by atoms with van der Waals surface area (Å²) < 4.78 is 13.4. The van der Waals surface area contributed by atoms with E-state index in [0.29, 0.717) is 0 Å². The SMILES string of the molecule is CC[CH]c1cnc(F)cc1I. The average molecular weight is 264 g/mol. The predicted molar refractivity (Wildman–Crippen MR) is 50.6 cm³/mol. The van der Waals surface area contributed by atoms with Crippen LogP contribution in [0, 0.1) is 15.9 Å². The molecule has 59 valence electrons. The van der Waals surface area contributed by atoms with E-state index in [1.165, 1.54) is 6.07 Å². The number of halogens is 2. The van der Waals surface area contributed by atoms with Crippen molar-refractivity contribution < 1.29 is 4.39 Å². The van der Waals surface area contributed by atoms with Crippen molar-refractivity contribution in [2.24, 2.45) is 0 Å². The summed E-state index contributed by atoms with van der Waals surface area (Å²) >= 11 is 2.10. The molecule has 1 nitrogen and oxygen atoms in total. The zero-order valence-corrected chi connectivity index (χ0v) is 8.30. The first-order valence-electron chi connectivity index (χ1n) is 3.38. The Labute approximate surface area is 79.2 Å². The molecule has 0 amide bonds. The molecule has 0 aliphatic carbocycles. The molecule has 1 aromatic rings. The van der Waals surface area contributed by atoms with Crippen LogP contribution in [0.4, 0.5) is 4.39 Å². The van der Waals surface area contributed by atoms with Crippen molar-refractivity contribution >= 4 is 22.6 Å². The van der Waals surface area contributed by atoms with Crippen LogP contribution >= 0.6 is 22.6 Å². The fourth-order valence-electron chi connectivity index (χ4n) is 0.788. The van der Waals surface area contributed by atoms with Gasteiger partial charge in [-0.15, -0.1) is 0 Å². The van der Waals surface area contributed by atoms with Gasteiger partial charge in [0.25, 0.3) is 0 Å². The van der Waals surface area contributed by atoms with Gasteiger partial charge < -0.3 is 0 Å². The van der Waals surface area contributed by atoms with Gasteiger partial charge >= 0.3 is 0 Å². The van der Waals surface area contributed by atoms with E-state index in [4.69, 9.17) is 0 Å². The van der Waals surface area contributed by atoms with Crippen molar-refractivity contribution in [1.29, 1.82) is 0 Å². The van der Waals surface area contributed by atoms with E-state index in [0.717, 1.165) is 15.6 Å². The minimum absolute atomic E-state index is 0.414. The van der Waals surface area contributed by atoms with E-state index in [2.05, 4.69) is 27.6 Å². The summed E-state index contributed by atoms with van der Waals surface area (Å²) in [5, 5.41) is 0. The van der Waals surface area contributed by atoms with Crippen LogP contribution in [0.25, 0.3) is 0 Å². The third kappa shape index (κ3) is 2.39. The van der Waals surface area contributed by atoms with Crippen molar-refractivity contribution in [2.45, 2.75) is 13.3 Å². The zero-order chi connectivity index (χ0) is 8.27. The Morgan fingerprint density at radius 3 is 3.00 bits per heavy atom. The summed E-state index contributed by atoms with van der Waals surface area (Å²) in [5.74, 6) is -0.414. The second kappa shape index (κ2) is 3.99. The van der Waals surface area contributed by atoms with E-state index in [-0.39, 0.29) is 0 Å². The lowest BCUT2D eigenvalue weighted by atomic mass is 10.2. The number of hydrogen-bond donors (Lipinski definition) is 0. The summed E-state index contributed by atoms with van der Waals surface area (Å²) in [7, 11) is 0. The molecule has 1 radical (unpaired) electrons. The molecule has 0 fully saturated rings. The Hall–Kier alpha value is -0.190. The quantitative estimate of drug-likeness (QED) is 0.591. The maximum Gasteiger partial charge on any atom is 0.213 e. The van der Waals surface area contributed by atoms with Crippen LogP contribution in [-0.4, -0.2) is 4.98 Å². The van der Waals surface area contributed by atoms with Crippen molar-refractivity contribution in [2.75, 3.05) is 0 Å². The highest BCUT2D eigenvalue weighted by Crippen LogP contribution is 2.14. The molecule has 0 aliphatic rings. The van der Waals surface area contributed by atoms with Gasteiger partial charge in [0.15, 0.2) is 0 Å². The molecule has 0 spiro atoms. The topological polar surface area (TPSA) is 12.9 Å². The zero-order valence-electron chi connectivity index (χ0n) is 6.14. The third-order valence-corrected chi connectivity index (χ3v) is 2.21. The van der Waals surface area contributed by atoms with Gasteiger partial charge in [0, 0.05) is 15.8 Å². The highest BCUT2D eigenvalue weighted by molar-refractivity contribution is 14.1. The molecule has 0 bridgehead atoms. The molecule has 0 atom stereocenters. The van der Waals surface area contributed by atoms with E-state index in [1.807, 2.05) is 13.3 Å². The number of rotatable bonds is 2. The molecule has 0 saturated carbocycles. The summed E-state index contributed by atoms with van der Waals surface area (Å²) in [6.45, 7) is 2.04. The van der Waals surface area contributed by atoms with E-state index in [9.17, 15) is 4.39 Å². The molecule has 1 aromatic heterocycles. The minimum Gasteiger partial charge on any atom is -0.228 e. The number of nitrogens with zero attached hydrogens (tertiary/aromatic N) is 1. The van der Waals surface area contributed by atoms with Crippen LogP contribution in [0.5, 0.6) is 0 Å². The molecule has 1 rings (SSSR count). The first-order chi connectivity index (χ1) is 5.24. The lowest BCUT2D eigenvalue weighted by Crippen LogP contribution is -1.90. The standard InChI is InChI=1S/C8H8FIN/c1-2-3-6-5-11-8(9)4-7(6)10/h3-5H,2H2,1H3. The predicted octanol–water partition coefficient (Wildman–Crippen LogP) is 2.79. The normalized spacial score (nSPS) is 10.1. The van der Waals surface area contributed by atoms with Crippen LogP contribution in [0.15, 0.2) is 12.3 Å². The maximum absolute atomic E-state index is 12.5. The highest BCUT2D eigenvalue weighted by atomic mass is 127. The van der Waals surface area contributed by atoms with Gasteiger partial charge in [-0.2, -0.15) is 4.39 Å². The number of hydrogen-bond acceptors (Lipinski definition) is 1. The first-order valence-corrected chi connectivity index (χ1v) is 4.46. The van der Waals surface area contributed by atoms with Crippen LogP contribution in [-0.2, 0) is 0 Å². The van der Waals surface area contributed by atoms with Crippen LogP contribution < -0.4 is 0 Å². The Morgan fingerprint density at radius 1 is 1.73 bits per heavy atom. The fraction of sp³-hybridized carbons (Fsp3) is 0.250. The molecule has 0 unspecified atom stereocenters. The molecular formula is C8H8FIN. The third-order valence-electron chi connectivity index (χ3n) is 1.27. The van der Waals surface area contributed by atoms with Crippen LogP contribution in [0.1, 0.15) is 18.9 Å². The number of pyridine rings is 1. The summed E-state index contributed by atoms with van der Waals surface area (Å²) in [6.07, 6.45) is 4.53. The van der Waals surface area contributed by atoms with Crippen molar-refractivity contribution in [3.63, 3.8) is 0 Å². The molecule has 3 heteroatoms. The van der Waals surface area contributed by atoms with Gasteiger partial charge in [-0.3, -0.25) is 0 Å². The second-order valence-corrected chi connectivity index (χ2v) is 3.30. The largest absolute Gasteiger partial charge is 0.228 e. The molecule has 0 N–H and O–H groups in total. The molecule has 11 heavy (non-hydrogen) atoms. The Bertz CT molecular complexity index is 250. The van der Waals surface area contributed by atoms with Crippen LogP contribution in [0.3, 0.4) is 0 Å². The Balaban J connectivity index is 2.90. The van der Waals surface area contributed by atoms with Gasteiger partial charge in [-0.05, 0) is 41.0 Å². The Morgan fingerprint density at radius 2 is 2.45 bits per heavy atom. The van der Waals surface area contributed by atoms with Crippen molar-refractivity contribution in [3.8, 4) is 0 Å². The Kier molecular flexibility index (Phi) is 3.23. The molecular weight excluding hydrogens is 256 g/mol. The van der Waals surface area contributed by atoms with E-state index < -0.39 is 5.95 Å². The molecule has 0 saturated heterocycles. The molecule has 0 aliphatic heterocycles. The first kappa shape index (κ1) is 8.90. The fourth-order valence-corrected chi connectivity index (χ4v) is 1.40. The summed E-state index contributed by atoms with van der Waals surface area (Å²) in [4.78, 5) is 3.56. The average Bonchev–Trinajstić information content (AvgIpc) is 1.95. The summed E-state index contributed by atoms with van der Waals surface area (Å²) in [5.41, 5.74) is 1.01. The lowest BCUT2D eigenvalue weighted by Gasteiger charge is -1.99. The van der Waals surface area contributed by atoms with Gasteiger partial charge in [0.05, 0.1) is 0 Å². The van der Waals surface area contributed by atoms with Gasteiger partial charge in [0.2, 0.25) is 5.95 Å². The second-order valence-electron chi connectivity index (χ2n) is 2.14. The van der Waals surface area contributed by atoms with Crippen LogP contribution in [0.2, 0.25) is 0 Å². The monoisotopic (exact) mass is 264 g/mol. The lowest BCUT2D eigenvalue weighted by molar-refractivity contribution is 0.582. The van der Waals surface area contributed by atoms with E-state index >= 15 is 0 Å². The summed E-state index contributed by atoms with van der Waals surface area (Å²) in [6, 6.07) is 1.43. The van der Waals surface area contributed by atoms with Gasteiger partial charge in [-0.1, -0.05) is 6.92 Å². The molecule has 0 aromatic carbocycles. The van der Waals surface area contributed by atoms with Gasteiger partial charge in [-0.25, -0.2) is 4.98 Å².